The van der Waals surface area contributed by atoms with Gasteiger partial charge in [0.15, 0.2) is 0 Å². The number of carbonyl (C=O) groups excluding carboxylic acids is 1. The normalized spacial score (nSPS) is 25.6. The average molecular weight is 255 g/mol. The molecule has 2 aliphatic heterocycles. The number of likely N-dealkylation sites (N-methyl/N-ethyl adjacent to an activating group) is 1. The van der Waals surface area contributed by atoms with E-state index in [0.29, 0.717) is 12.6 Å². The quantitative estimate of drug-likeness (QED) is 0.746. The number of ether oxygens (including phenoxy) is 1. The van der Waals surface area contributed by atoms with Crippen molar-refractivity contribution in [3.8, 4) is 0 Å². The molecule has 2 rings (SSSR count). The summed E-state index contributed by atoms with van der Waals surface area (Å²) in [5, 5.41) is 3.22. The van der Waals surface area contributed by atoms with Gasteiger partial charge in [0.05, 0.1) is 12.6 Å². The number of piperazine rings is 1. The zero-order valence-electron chi connectivity index (χ0n) is 11.4. The molecule has 0 bridgehead atoms. The summed E-state index contributed by atoms with van der Waals surface area (Å²) in [7, 11) is 0. The van der Waals surface area contributed by atoms with Crippen LogP contribution in [0.25, 0.3) is 0 Å². The molecule has 2 aliphatic rings. The molecule has 1 atom stereocenters. The first-order valence-corrected chi connectivity index (χ1v) is 7.12. The molecule has 2 heterocycles. The lowest BCUT2D eigenvalue weighted by molar-refractivity contribution is -0.132. The fraction of sp³-hybridized carbons (Fsp3) is 0.923. The minimum absolute atomic E-state index is 0.226. The fourth-order valence-corrected chi connectivity index (χ4v) is 2.57. The zero-order valence-corrected chi connectivity index (χ0v) is 11.4. The van der Waals surface area contributed by atoms with Crippen LogP contribution in [-0.2, 0) is 9.53 Å². The Balaban J connectivity index is 1.59. The van der Waals surface area contributed by atoms with Gasteiger partial charge >= 0.3 is 0 Å². The van der Waals surface area contributed by atoms with E-state index in [1.807, 2.05) is 4.90 Å². The van der Waals surface area contributed by atoms with Gasteiger partial charge in [0.25, 0.3) is 0 Å². The standard InChI is InChI=1S/C13H25N3O2/c1-2-15-5-7-16(8-6-15)13(17)11-14-10-12-4-3-9-18-12/h12,14H,2-11H2,1H3. The van der Waals surface area contributed by atoms with Crippen LogP contribution in [0, 0.1) is 0 Å². The summed E-state index contributed by atoms with van der Waals surface area (Å²) < 4.78 is 5.51. The van der Waals surface area contributed by atoms with Crippen molar-refractivity contribution in [2.45, 2.75) is 25.9 Å². The van der Waals surface area contributed by atoms with Crippen LogP contribution >= 0.6 is 0 Å². The molecule has 0 spiro atoms. The van der Waals surface area contributed by atoms with Crippen LogP contribution in [0.1, 0.15) is 19.8 Å². The first-order valence-electron chi connectivity index (χ1n) is 7.12. The third kappa shape index (κ3) is 3.93. The summed E-state index contributed by atoms with van der Waals surface area (Å²) in [6, 6.07) is 0. The molecule has 5 heteroatoms. The van der Waals surface area contributed by atoms with Gasteiger partial charge in [-0.15, -0.1) is 0 Å². The van der Waals surface area contributed by atoms with Gasteiger partial charge < -0.3 is 19.9 Å². The third-order valence-corrected chi connectivity index (χ3v) is 3.84. The highest BCUT2D eigenvalue weighted by Crippen LogP contribution is 2.10. The van der Waals surface area contributed by atoms with Crippen LogP contribution in [0.4, 0.5) is 0 Å². The van der Waals surface area contributed by atoms with E-state index >= 15 is 0 Å². The van der Waals surface area contributed by atoms with Crippen molar-refractivity contribution in [3.63, 3.8) is 0 Å². The molecular formula is C13H25N3O2. The molecule has 0 aromatic rings. The number of hydrogen-bond acceptors (Lipinski definition) is 4. The predicted octanol–water partition coefficient (Wildman–Crippen LogP) is -0.0809. The second-order valence-electron chi connectivity index (χ2n) is 5.08. The highest BCUT2D eigenvalue weighted by Gasteiger charge is 2.20. The number of carbonyl (C=O) groups is 1. The molecule has 2 fully saturated rings. The van der Waals surface area contributed by atoms with E-state index in [9.17, 15) is 4.79 Å². The molecule has 2 saturated heterocycles. The van der Waals surface area contributed by atoms with Gasteiger partial charge in [0, 0.05) is 39.3 Å². The molecule has 0 aromatic heterocycles. The molecular weight excluding hydrogens is 230 g/mol. The maximum Gasteiger partial charge on any atom is 0.236 e. The summed E-state index contributed by atoms with van der Waals surface area (Å²) in [4.78, 5) is 16.3. The van der Waals surface area contributed by atoms with E-state index in [-0.39, 0.29) is 5.91 Å². The lowest BCUT2D eigenvalue weighted by Crippen LogP contribution is -2.50. The van der Waals surface area contributed by atoms with E-state index in [1.165, 1.54) is 0 Å². The van der Waals surface area contributed by atoms with Crippen molar-refractivity contribution in [3.05, 3.63) is 0 Å². The van der Waals surface area contributed by atoms with Gasteiger partial charge in [-0.3, -0.25) is 4.79 Å². The molecule has 18 heavy (non-hydrogen) atoms. The predicted molar refractivity (Wildman–Crippen MR) is 70.5 cm³/mol. The van der Waals surface area contributed by atoms with Gasteiger partial charge in [0.1, 0.15) is 0 Å². The topological polar surface area (TPSA) is 44.8 Å². The maximum atomic E-state index is 12.0. The Morgan fingerprint density at radius 3 is 2.72 bits per heavy atom. The van der Waals surface area contributed by atoms with Gasteiger partial charge in [-0.1, -0.05) is 6.92 Å². The summed E-state index contributed by atoms with van der Waals surface area (Å²) in [5.74, 6) is 0.226. The van der Waals surface area contributed by atoms with E-state index in [4.69, 9.17) is 4.74 Å². The second-order valence-corrected chi connectivity index (χ2v) is 5.08. The molecule has 5 nitrogen and oxygen atoms in total. The number of hydrogen-bond donors (Lipinski definition) is 1. The van der Waals surface area contributed by atoms with Crippen LogP contribution in [-0.4, -0.2) is 74.2 Å². The van der Waals surface area contributed by atoms with Crippen LogP contribution in [0.5, 0.6) is 0 Å². The lowest BCUT2D eigenvalue weighted by Gasteiger charge is -2.34. The summed E-state index contributed by atoms with van der Waals surface area (Å²) in [6.45, 7) is 9.14. The first-order chi connectivity index (χ1) is 8.79. The van der Waals surface area contributed by atoms with E-state index < -0.39 is 0 Å². The largest absolute Gasteiger partial charge is 0.377 e. The van der Waals surface area contributed by atoms with Gasteiger partial charge in [-0.2, -0.15) is 0 Å². The SMILES string of the molecule is CCN1CCN(C(=O)CNCC2CCCO2)CC1. The van der Waals surface area contributed by atoms with Gasteiger partial charge in [0.2, 0.25) is 5.91 Å². The van der Waals surface area contributed by atoms with Crippen LogP contribution in [0.3, 0.4) is 0 Å². The Morgan fingerprint density at radius 2 is 2.11 bits per heavy atom. The highest BCUT2D eigenvalue weighted by molar-refractivity contribution is 5.78. The van der Waals surface area contributed by atoms with Gasteiger partial charge in [-0.25, -0.2) is 0 Å². The van der Waals surface area contributed by atoms with E-state index in [2.05, 4.69) is 17.1 Å². The van der Waals surface area contributed by atoms with Crippen molar-refractivity contribution < 1.29 is 9.53 Å². The maximum absolute atomic E-state index is 12.0. The zero-order chi connectivity index (χ0) is 12.8. The van der Waals surface area contributed by atoms with Crippen LogP contribution in [0.2, 0.25) is 0 Å². The molecule has 0 aromatic carbocycles. The van der Waals surface area contributed by atoms with Gasteiger partial charge in [-0.05, 0) is 19.4 Å². The minimum atomic E-state index is 0.226. The minimum Gasteiger partial charge on any atom is -0.377 e. The average Bonchev–Trinajstić information content (AvgIpc) is 2.92. The summed E-state index contributed by atoms with van der Waals surface area (Å²) in [6.07, 6.45) is 2.59. The van der Waals surface area contributed by atoms with Crippen molar-refractivity contribution in [1.82, 2.24) is 15.1 Å². The van der Waals surface area contributed by atoms with Crippen molar-refractivity contribution >= 4 is 5.91 Å². The van der Waals surface area contributed by atoms with E-state index in [0.717, 1.165) is 58.7 Å². The van der Waals surface area contributed by atoms with Crippen molar-refractivity contribution in [1.29, 1.82) is 0 Å². The van der Waals surface area contributed by atoms with Crippen LogP contribution < -0.4 is 5.32 Å². The molecule has 1 amide bonds. The Kier molecular flexibility index (Phi) is 5.41. The number of nitrogens with zero attached hydrogens (tertiary/aromatic N) is 2. The molecule has 0 aliphatic carbocycles. The van der Waals surface area contributed by atoms with Crippen LogP contribution in [0.15, 0.2) is 0 Å². The Bertz CT molecular complexity index is 259. The smallest absolute Gasteiger partial charge is 0.236 e. The molecule has 1 unspecified atom stereocenters. The Hall–Kier alpha value is -0.650. The van der Waals surface area contributed by atoms with Crippen molar-refractivity contribution in [2.24, 2.45) is 0 Å². The molecule has 1 N–H and O–H groups in total. The third-order valence-electron chi connectivity index (χ3n) is 3.84. The first kappa shape index (κ1) is 13.8. The lowest BCUT2D eigenvalue weighted by atomic mass is 10.2. The molecule has 0 radical (unpaired) electrons. The highest BCUT2D eigenvalue weighted by atomic mass is 16.5. The fourth-order valence-electron chi connectivity index (χ4n) is 2.57. The molecule has 0 saturated carbocycles. The number of rotatable bonds is 5. The monoisotopic (exact) mass is 255 g/mol. The molecule has 104 valence electrons. The Labute approximate surface area is 109 Å². The summed E-state index contributed by atoms with van der Waals surface area (Å²) in [5.41, 5.74) is 0. The number of amides is 1. The second kappa shape index (κ2) is 7.07. The number of nitrogens with one attached hydrogen (secondary N) is 1. The van der Waals surface area contributed by atoms with Crippen molar-refractivity contribution in [2.75, 3.05) is 52.4 Å². The Morgan fingerprint density at radius 1 is 1.33 bits per heavy atom. The van der Waals surface area contributed by atoms with E-state index in [1.54, 1.807) is 0 Å². The summed E-state index contributed by atoms with van der Waals surface area (Å²) >= 11 is 0.